The normalized spacial score (nSPS) is 9.85. The minimum atomic E-state index is -0.753. The Morgan fingerprint density at radius 3 is 3.15 bits per heavy atom. The Bertz CT molecular complexity index is 304. The zero-order valence-electron chi connectivity index (χ0n) is 7.36. The molecule has 0 saturated heterocycles. The average Bonchev–Trinajstić information content (AvgIpc) is 2.51. The molecule has 70 valence electrons. The summed E-state index contributed by atoms with van der Waals surface area (Å²) < 4.78 is 1.85. The van der Waals surface area contributed by atoms with Gasteiger partial charge in [0, 0.05) is 6.42 Å². The Morgan fingerprint density at radius 2 is 2.54 bits per heavy atom. The van der Waals surface area contributed by atoms with Gasteiger partial charge in [-0.1, -0.05) is 6.58 Å². The number of H-pyrrole nitrogens is 1. The fourth-order valence-corrected chi connectivity index (χ4v) is 1.16. The van der Waals surface area contributed by atoms with Crippen LogP contribution in [0.5, 0.6) is 0 Å². The van der Waals surface area contributed by atoms with E-state index in [2.05, 4.69) is 11.6 Å². The summed E-state index contributed by atoms with van der Waals surface area (Å²) in [7, 11) is 0. The van der Waals surface area contributed by atoms with E-state index >= 15 is 0 Å². The zero-order valence-corrected chi connectivity index (χ0v) is 7.36. The highest BCUT2D eigenvalue weighted by Gasteiger charge is 2.07. The van der Waals surface area contributed by atoms with E-state index in [-0.39, 0.29) is 6.42 Å². The first-order chi connectivity index (χ1) is 6.24. The van der Waals surface area contributed by atoms with Gasteiger partial charge in [-0.25, -0.2) is 9.55 Å². The van der Waals surface area contributed by atoms with Crippen molar-refractivity contribution in [2.45, 2.75) is 19.3 Å². The number of aromatic amines is 1. The van der Waals surface area contributed by atoms with Crippen LogP contribution in [0.15, 0.2) is 19.0 Å². The molecule has 0 aromatic carbocycles. The number of hydrogen-bond acceptors (Lipinski definition) is 1. The number of aryl methyl sites for hydroxylation is 1. The van der Waals surface area contributed by atoms with Crippen molar-refractivity contribution in [3.8, 4) is 0 Å². The van der Waals surface area contributed by atoms with E-state index in [4.69, 9.17) is 5.11 Å². The van der Waals surface area contributed by atoms with Gasteiger partial charge in [0.15, 0.2) is 0 Å². The van der Waals surface area contributed by atoms with Crippen LogP contribution in [0.3, 0.4) is 0 Å². The summed E-state index contributed by atoms with van der Waals surface area (Å²) in [6.07, 6.45) is 6.92. The van der Waals surface area contributed by atoms with Gasteiger partial charge in [-0.2, -0.15) is 0 Å². The maximum Gasteiger partial charge on any atom is 0.303 e. The summed E-state index contributed by atoms with van der Waals surface area (Å²) in [5, 5.41) is 8.43. The van der Waals surface area contributed by atoms with E-state index in [9.17, 15) is 4.79 Å². The predicted molar refractivity (Wildman–Crippen MR) is 47.9 cm³/mol. The first kappa shape index (κ1) is 9.51. The van der Waals surface area contributed by atoms with Crippen LogP contribution in [-0.4, -0.2) is 16.1 Å². The summed E-state index contributed by atoms with van der Waals surface area (Å²) in [4.78, 5) is 13.3. The molecule has 0 aliphatic carbocycles. The van der Waals surface area contributed by atoms with Crippen LogP contribution in [0.1, 0.15) is 18.7 Å². The number of imidazole rings is 1. The summed E-state index contributed by atoms with van der Waals surface area (Å²) in [6.45, 7) is 3.63. The van der Waals surface area contributed by atoms with Gasteiger partial charge in [0.1, 0.15) is 12.4 Å². The molecule has 0 radical (unpaired) electrons. The molecule has 0 fully saturated rings. The fraction of sp³-hybridized carbons (Fsp3) is 0.333. The number of nitrogens with zero attached hydrogens (tertiary/aromatic N) is 1. The molecule has 0 amide bonds. The summed E-state index contributed by atoms with van der Waals surface area (Å²) in [5.74, 6) is 0.230. The lowest BCUT2D eigenvalue weighted by atomic mass is 10.2. The van der Waals surface area contributed by atoms with Crippen LogP contribution < -0.4 is 4.57 Å². The van der Waals surface area contributed by atoms with Gasteiger partial charge in [-0.15, -0.1) is 0 Å². The number of aromatic nitrogens is 2. The maximum absolute atomic E-state index is 10.2. The Balaban J connectivity index is 2.44. The molecule has 0 saturated carbocycles. The molecule has 1 rings (SSSR count). The van der Waals surface area contributed by atoms with Crippen LogP contribution >= 0.6 is 0 Å². The molecule has 1 heterocycles. The number of carboxylic acids is 1. The second-order valence-electron chi connectivity index (χ2n) is 2.74. The van der Waals surface area contributed by atoms with Crippen molar-refractivity contribution in [2.24, 2.45) is 0 Å². The molecule has 0 aliphatic rings. The third kappa shape index (κ3) is 2.74. The quantitative estimate of drug-likeness (QED) is 0.660. The number of rotatable bonds is 5. The van der Waals surface area contributed by atoms with Crippen molar-refractivity contribution in [1.82, 2.24) is 4.98 Å². The van der Waals surface area contributed by atoms with Crippen LogP contribution in [0, 0.1) is 0 Å². The molecule has 4 nitrogen and oxygen atoms in total. The predicted octanol–water partition coefficient (Wildman–Crippen LogP) is 0.810. The molecular formula is C9H13N2O2+. The number of hydrogen-bond donors (Lipinski definition) is 2. The molecule has 0 atom stereocenters. The van der Waals surface area contributed by atoms with Crippen molar-refractivity contribution in [3.63, 3.8) is 0 Å². The number of nitrogens with one attached hydrogen (secondary N) is 1. The van der Waals surface area contributed by atoms with Crippen LogP contribution in [-0.2, 0) is 11.2 Å². The second-order valence-corrected chi connectivity index (χ2v) is 2.74. The Morgan fingerprint density at radius 1 is 1.77 bits per heavy atom. The standard InChI is InChI=1S/C9H12N2O2/c1-2-11-7-6-10-8(11)4-3-5-9(12)13/h2,6-7H,1,3-5H2,(H,12,13)/p+1. The summed E-state index contributed by atoms with van der Waals surface area (Å²) in [6, 6.07) is 0. The lowest BCUT2D eigenvalue weighted by Crippen LogP contribution is -2.28. The number of carboxylic acid groups (broad SMARTS) is 1. The molecule has 2 N–H and O–H groups in total. The first-order valence-corrected chi connectivity index (χ1v) is 4.16. The number of aliphatic carboxylic acids is 1. The third-order valence-electron chi connectivity index (χ3n) is 1.80. The van der Waals surface area contributed by atoms with Crippen molar-refractivity contribution in [1.29, 1.82) is 0 Å². The molecular weight excluding hydrogens is 168 g/mol. The van der Waals surface area contributed by atoms with Gasteiger partial charge in [0.05, 0.1) is 12.6 Å². The van der Waals surface area contributed by atoms with Crippen LogP contribution in [0.4, 0.5) is 0 Å². The number of carbonyl (C=O) groups is 1. The molecule has 0 spiro atoms. The molecule has 0 bridgehead atoms. The van der Waals surface area contributed by atoms with Crippen molar-refractivity contribution >= 4 is 12.2 Å². The fourth-order valence-electron chi connectivity index (χ4n) is 1.16. The monoisotopic (exact) mass is 181 g/mol. The van der Waals surface area contributed by atoms with Crippen molar-refractivity contribution < 1.29 is 14.5 Å². The second kappa shape index (κ2) is 4.45. The summed E-state index contributed by atoms with van der Waals surface area (Å²) >= 11 is 0. The minimum Gasteiger partial charge on any atom is -0.481 e. The Hall–Kier alpha value is -1.58. The van der Waals surface area contributed by atoms with E-state index in [1.807, 2.05) is 10.8 Å². The van der Waals surface area contributed by atoms with Crippen molar-refractivity contribution in [3.05, 3.63) is 24.8 Å². The summed E-state index contributed by atoms with van der Waals surface area (Å²) in [5.41, 5.74) is 0. The Kier molecular flexibility index (Phi) is 3.25. The van der Waals surface area contributed by atoms with E-state index in [1.54, 1.807) is 12.4 Å². The largest absolute Gasteiger partial charge is 0.481 e. The van der Waals surface area contributed by atoms with Gasteiger partial charge in [-0.05, 0) is 6.42 Å². The smallest absolute Gasteiger partial charge is 0.303 e. The van der Waals surface area contributed by atoms with Gasteiger partial charge >= 0.3 is 5.97 Å². The molecule has 0 aliphatic heterocycles. The van der Waals surface area contributed by atoms with Gasteiger partial charge < -0.3 is 5.11 Å². The average molecular weight is 181 g/mol. The lowest BCUT2D eigenvalue weighted by molar-refractivity contribution is -0.575. The van der Waals surface area contributed by atoms with Gasteiger partial charge in [0.25, 0.3) is 5.82 Å². The van der Waals surface area contributed by atoms with Crippen LogP contribution in [0.2, 0.25) is 0 Å². The highest BCUT2D eigenvalue weighted by atomic mass is 16.4. The molecule has 1 aromatic heterocycles. The highest BCUT2D eigenvalue weighted by molar-refractivity contribution is 5.66. The lowest BCUT2D eigenvalue weighted by Gasteiger charge is -1.93. The SMILES string of the molecule is C=C[n+]1cc[nH]c1CCCC(=O)O. The molecule has 4 heteroatoms. The van der Waals surface area contributed by atoms with Crippen molar-refractivity contribution in [2.75, 3.05) is 0 Å². The zero-order chi connectivity index (χ0) is 9.68. The van der Waals surface area contributed by atoms with E-state index in [0.717, 1.165) is 12.2 Å². The molecule has 13 heavy (non-hydrogen) atoms. The van der Waals surface area contributed by atoms with Crippen LogP contribution in [0.25, 0.3) is 6.20 Å². The van der Waals surface area contributed by atoms with E-state index in [1.165, 1.54) is 0 Å². The maximum atomic E-state index is 10.2. The highest BCUT2D eigenvalue weighted by Crippen LogP contribution is 1.97. The molecule has 1 aromatic rings. The molecule has 0 unspecified atom stereocenters. The third-order valence-corrected chi connectivity index (χ3v) is 1.80. The first-order valence-electron chi connectivity index (χ1n) is 4.16. The Labute approximate surface area is 76.5 Å². The van der Waals surface area contributed by atoms with Gasteiger partial charge in [-0.3, -0.25) is 4.79 Å². The topological polar surface area (TPSA) is 57.0 Å². The van der Waals surface area contributed by atoms with E-state index < -0.39 is 5.97 Å². The van der Waals surface area contributed by atoms with Gasteiger partial charge in [0.2, 0.25) is 0 Å². The minimum absolute atomic E-state index is 0.205. The van der Waals surface area contributed by atoms with E-state index in [0.29, 0.717) is 6.42 Å².